The Balaban J connectivity index is 1.45. The normalized spacial score (nSPS) is 11.8. The van der Waals surface area contributed by atoms with Crippen LogP contribution in [0, 0.1) is 0 Å². The van der Waals surface area contributed by atoms with Crippen molar-refractivity contribution in [3.05, 3.63) is 65.1 Å². The van der Waals surface area contributed by atoms with Crippen LogP contribution in [0.4, 0.5) is 0 Å². The van der Waals surface area contributed by atoms with Crippen molar-refractivity contribution < 1.29 is 9.59 Å². The maximum Gasteiger partial charge on any atom is 0.271 e. The van der Waals surface area contributed by atoms with Gasteiger partial charge in [0.15, 0.2) is 0 Å². The number of carbonyl (C=O) groups is 2. The standard InChI is InChI=1S/C25H29N7O2S/c1-26-23(33)7-5-3-4-6-20(30-25(34)22-15-35-16-28-22)24-27-14-21(29-24)18-10-8-17(9-11-18)19-12-13-32(2)31-19/h8-16,20H,3-7H2,1-2H3,(H,26,33)(H,27,29)(H,30,34). The predicted molar refractivity (Wildman–Crippen MR) is 136 cm³/mol. The molecule has 4 aromatic rings. The Kier molecular flexibility index (Phi) is 8.04. The zero-order chi connectivity index (χ0) is 24.6. The summed E-state index contributed by atoms with van der Waals surface area (Å²) >= 11 is 1.38. The molecule has 0 bridgehead atoms. The van der Waals surface area contributed by atoms with Crippen molar-refractivity contribution in [1.82, 2.24) is 35.4 Å². The van der Waals surface area contributed by atoms with E-state index < -0.39 is 0 Å². The van der Waals surface area contributed by atoms with Gasteiger partial charge in [-0.15, -0.1) is 11.3 Å². The van der Waals surface area contributed by atoms with Crippen molar-refractivity contribution >= 4 is 23.2 Å². The van der Waals surface area contributed by atoms with E-state index in [4.69, 9.17) is 0 Å². The van der Waals surface area contributed by atoms with Crippen molar-refractivity contribution in [2.45, 2.75) is 38.1 Å². The summed E-state index contributed by atoms with van der Waals surface area (Å²) in [7, 11) is 3.54. The topological polar surface area (TPSA) is 118 Å². The molecule has 0 fully saturated rings. The summed E-state index contributed by atoms with van der Waals surface area (Å²) in [6.45, 7) is 0. The fraction of sp³-hybridized carbons (Fsp3) is 0.320. The van der Waals surface area contributed by atoms with E-state index in [1.54, 1.807) is 28.8 Å². The number of aromatic nitrogens is 5. The van der Waals surface area contributed by atoms with Crippen LogP contribution in [0.2, 0.25) is 0 Å². The maximum absolute atomic E-state index is 12.7. The van der Waals surface area contributed by atoms with Crippen LogP contribution in [-0.2, 0) is 11.8 Å². The largest absolute Gasteiger partial charge is 0.359 e. The number of benzene rings is 1. The van der Waals surface area contributed by atoms with E-state index in [0.29, 0.717) is 24.4 Å². The summed E-state index contributed by atoms with van der Waals surface area (Å²) in [4.78, 5) is 36.2. The number of carbonyl (C=O) groups excluding carboxylic acids is 2. The number of nitrogens with one attached hydrogen (secondary N) is 3. The minimum Gasteiger partial charge on any atom is -0.359 e. The van der Waals surface area contributed by atoms with Crippen LogP contribution in [-0.4, -0.2) is 43.6 Å². The van der Waals surface area contributed by atoms with Gasteiger partial charge in [-0.1, -0.05) is 37.1 Å². The number of amides is 2. The van der Waals surface area contributed by atoms with Gasteiger partial charge in [-0.3, -0.25) is 14.3 Å². The number of hydrogen-bond donors (Lipinski definition) is 3. The van der Waals surface area contributed by atoms with Crippen LogP contribution in [0.5, 0.6) is 0 Å². The first-order valence-corrected chi connectivity index (χ1v) is 12.5. The summed E-state index contributed by atoms with van der Waals surface area (Å²) in [6, 6.07) is 9.82. The molecule has 9 nitrogen and oxygen atoms in total. The van der Waals surface area contributed by atoms with Gasteiger partial charge in [0.1, 0.15) is 11.5 Å². The van der Waals surface area contributed by atoms with Crippen LogP contribution in [0.3, 0.4) is 0 Å². The molecule has 0 aliphatic rings. The van der Waals surface area contributed by atoms with Gasteiger partial charge in [-0.05, 0) is 24.5 Å². The van der Waals surface area contributed by atoms with Crippen molar-refractivity contribution in [2.24, 2.45) is 7.05 Å². The molecule has 35 heavy (non-hydrogen) atoms. The molecular weight excluding hydrogens is 462 g/mol. The number of aryl methyl sites for hydroxylation is 1. The van der Waals surface area contributed by atoms with Gasteiger partial charge in [-0.2, -0.15) is 5.10 Å². The monoisotopic (exact) mass is 491 g/mol. The number of rotatable bonds is 11. The van der Waals surface area contributed by atoms with Gasteiger partial charge in [0.05, 0.1) is 29.1 Å². The lowest BCUT2D eigenvalue weighted by atomic mass is 10.1. The van der Waals surface area contributed by atoms with Crippen molar-refractivity contribution in [1.29, 1.82) is 0 Å². The molecular formula is C25H29N7O2S. The Bertz CT molecular complexity index is 1250. The van der Waals surface area contributed by atoms with Gasteiger partial charge in [0, 0.05) is 37.7 Å². The van der Waals surface area contributed by atoms with Gasteiger partial charge in [0.25, 0.3) is 5.91 Å². The number of aromatic amines is 1. The Labute approximate surface area is 208 Å². The summed E-state index contributed by atoms with van der Waals surface area (Å²) in [6.07, 6.45) is 7.47. The second kappa shape index (κ2) is 11.6. The first-order chi connectivity index (χ1) is 17.0. The second-order valence-electron chi connectivity index (χ2n) is 8.31. The van der Waals surface area contributed by atoms with Gasteiger partial charge in [0.2, 0.25) is 5.91 Å². The van der Waals surface area contributed by atoms with E-state index in [1.807, 2.05) is 43.6 Å². The number of imidazole rings is 1. The lowest BCUT2D eigenvalue weighted by Crippen LogP contribution is -2.29. The third-order valence-electron chi connectivity index (χ3n) is 5.78. The molecule has 4 rings (SSSR count). The number of unbranched alkanes of at least 4 members (excludes halogenated alkanes) is 2. The van der Waals surface area contributed by atoms with Gasteiger partial charge < -0.3 is 15.6 Å². The fourth-order valence-electron chi connectivity index (χ4n) is 3.82. The maximum atomic E-state index is 12.7. The van der Waals surface area contributed by atoms with Gasteiger partial charge >= 0.3 is 0 Å². The molecule has 1 aromatic carbocycles. The molecule has 2 amide bonds. The van der Waals surface area contributed by atoms with Crippen molar-refractivity contribution in [3.63, 3.8) is 0 Å². The highest BCUT2D eigenvalue weighted by molar-refractivity contribution is 7.07. The Morgan fingerprint density at radius 3 is 2.57 bits per heavy atom. The molecule has 3 heterocycles. The quantitative estimate of drug-likeness (QED) is 0.273. The third-order valence-corrected chi connectivity index (χ3v) is 6.36. The molecule has 0 aliphatic heterocycles. The summed E-state index contributed by atoms with van der Waals surface area (Å²) < 4.78 is 1.78. The minimum atomic E-state index is -0.286. The smallest absolute Gasteiger partial charge is 0.271 e. The minimum absolute atomic E-state index is 0.0446. The number of H-pyrrole nitrogens is 1. The highest BCUT2D eigenvalue weighted by atomic mass is 32.1. The second-order valence-corrected chi connectivity index (χ2v) is 9.03. The lowest BCUT2D eigenvalue weighted by molar-refractivity contribution is -0.120. The summed E-state index contributed by atoms with van der Waals surface area (Å²) in [5.74, 6) is 0.520. The Morgan fingerprint density at radius 1 is 1.09 bits per heavy atom. The Hall–Kier alpha value is -3.79. The van der Waals surface area contributed by atoms with E-state index in [2.05, 4.69) is 30.7 Å². The van der Waals surface area contributed by atoms with Crippen LogP contribution < -0.4 is 10.6 Å². The molecule has 0 saturated heterocycles. The average Bonchev–Trinajstić information content (AvgIpc) is 3.65. The highest BCUT2D eigenvalue weighted by Gasteiger charge is 2.20. The zero-order valence-corrected chi connectivity index (χ0v) is 20.6. The molecule has 3 N–H and O–H groups in total. The van der Waals surface area contributed by atoms with Crippen LogP contribution in [0.1, 0.15) is 54.5 Å². The molecule has 0 saturated carbocycles. The van der Waals surface area contributed by atoms with Crippen LogP contribution in [0.15, 0.2) is 53.6 Å². The number of nitrogens with zero attached hydrogens (tertiary/aromatic N) is 4. The number of hydrogen-bond acceptors (Lipinski definition) is 6. The third kappa shape index (κ3) is 6.42. The van der Waals surface area contributed by atoms with Crippen molar-refractivity contribution in [2.75, 3.05) is 7.05 Å². The fourth-order valence-corrected chi connectivity index (χ4v) is 4.35. The van der Waals surface area contributed by atoms with E-state index >= 15 is 0 Å². The van der Waals surface area contributed by atoms with E-state index in [9.17, 15) is 9.59 Å². The van der Waals surface area contributed by atoms with E-state index in [0.717, 1.165) is 41.8 Å². The average molecular weight is 492 g/mol. The summed E-state index contributed by atoms with van der Waals surface area (Å²) in [5.41, 5.74) is 5.88. The van der Waals surface area contributed by atoms with Crippen LogP contribution in [0.25, 0.3) is 22.5 Å². The molecule has 182 valence electrons. The molecule has 0 radical (unpaired) electrons. The molecule has 3 aromatic heterocycles. The van der Waals surface area contributed by atoms with E-state index in [-0.39, 0.29) is 17.9 Å². The first kappa shape index (κ1) is 24.3. The molecule has 0 spiro atoms. The zero-order valence-electron chi connectivity index (χ0n) is 19.8. The summed E-state index contributed by atoms with van der Waals surface area (Å²) in [5, 5.41) is 11.9. The molecule has 1 atom stereocenters. The predicted octanol–water partition coefficient (Wildman–Crippen LogP) is 4.10. The van der Waals surface area contributed by atoms with Gasteiger partial charge in [-0.25, -0.2) is 9.97 Å². The molecule has 0 aliphatic carbocycles. The van der Waals surface area contributed by atoms with Crippen molar-refractivity contribution in [3.8, 4) is 22.5 Å². The molecule has 10 heteroatoms. The number of thiazole rings is 1. The Morgan fingerprint density at radius 2 is 1.89 bits per heavy atom. The SMILES string of the molecule is CNC(=O)CCCCCC(NC(=O)c1cscn1)c1ncc(-c2ccc(-c3ccn(C)n3)cc2)[nH]1. The lowest BCUT2D eigenvalue weighted by Gasteiger charge is -2.16. The van der Waals surface area contributed by atoms with E-state index in [1.165, 1.54) is 11.3 Å². The highest BCUT2D eigenvalue weighted by Crippen LogP contribution is 2.25. The molecule has 1 unspecified atom stereocenters. The first-order valence-electron chi connectivity index (χ1n) is 11.6. The van der Waals surface area contributed by atoms with Crippen LogP contribution >= 0.6 is 11.3 Å².